The van der Waals surface area contributed by atoms with Gasteiger partial charge in [-0.05, 0) is 78.1 Å². The van der Waals surface area contributed by atoms with Crippen LogP contribution in [0.15, 0.2) is 15.0 Å². The van der Waals surface area contributed by atoms with E-state index in [1.165, 1.54) is 18.7 Å². The van der Waals surface area contributed by atoms with Crippen LogP contribution in [0.25, 0.3) is 0 Å². The molecule has 0 saturated carbocycles. The van der Waals surface area contributed by atoms with E-state index in [4.69, 9.17) is 40.1 Å². The highest BCUT2D eigenvalue weighted by Gasteiger charge is 2.41. The van der Waals surface area contributed by atoms with Crippen molar-refractivity contribution >= 4 is 71.1 Å². The van der Waals surface area contributed by atoms with Crippen molar-refractivity contribution in [2.75, 3.05) is 45.8 Å². The Kier molecular flexibility index (Phi) is 24.2. The van der Waals surface area contributed by atoms with Gasteiger partial charge < -0.3 is 92.0 Å². The zero-order chi connectivity index (χ0) is 51.1. The average Bonchev–Trinajstić information content (AvgIpc) is 3.97. The first-order valence-corrected chi connectivity index (χ1v) is 22.2. The zero-order valence-corrected chi connectivity index (χ0v) is 38.5. The van der Waals surface area contributed by atoms with Crippen LogP contribution in [0, 0.1) is 0 Å². The fraction of sp³-hybridized carbons (Fsp3) is 0.692. The van der Waals surface area contributed by atoms with Crippen LogP contribution < -0.4 is 72.0 Å². The smallest absolute Gasteiger partial charge is 0.326 e. The Morgan fingerprint density at radius 3 is 1.50 bits per heavy atom. The van der Waals surface area contributed by atoms with E-state index in [-0.39, 0.29) is 89.0 Å². The van der Waals surface area contributed by atoms with Gasteiger partial charge in [-0.25, -0.2) is 4.79 Å². The minimum absolute atomic E-state index is 0.00499. The van der Waals surface area contributed by atoms with Gasteiger partial charge >= 0.3 is 5.97 Å². The Labute approximate surface area is 393 Å². The van der Waals surface area contributed by atoms with Crippen LogP contribution in [0.1, 0.15) is 78.1 Å². The number of aliphatic hydroxyl groups excluding tert-OH is 1. The van der Waals surface area contributed by atoms with Gasteiger partial charge in [0.1, 0.15) is 36.3 Å². The highest BCUT2D eigenvalue weighted by atomic mass is 16.4. The third-order valence-corrected chi connectivity index (χ3v) is 10.7. The Bertz CT molecular complexity index is 1870. The molecule has 0 aromatic rings. The first kappa shape index (κ1) is 57.1. The molecule has 2 saturated heterocycles. The number of aliphatic imine (C=N–C) groups is 3. The molecule has 0 aliphatic carbocycles. The molecule has 2 rings (SSSR count). The lowest BCUT2D eigenvalue weighted by Gasteiger charge is -2.31. The molecule has 8 atom stereocenters. The van der Waals surface area contributed by atoms with E-state index in [1.807, 2.05) is 0 Å². The molecule has 29 heteroatoms. The maximum atomic E-state index is 13.9. The molecule has 0 aromatic heterocycles. The van der Waals surface area contributed by atoms with Gasteiger partial charge in [-0.3, -0.25) is 53.3 Å². The van der Waals surface area contributed by atoms with Crippen molar-refractivity contribution in [1.29, 1.82) is 0 Å². The largest absolute Gasteiger partial charge is 0.480 e. The second kappa shape index (κ2) is 28.9. The molecule has 2 aliphatic heterocycles. The molecule has 2 fully saturated rings. The fourth-order valence-electron chi connectivity index (χ4n) is 7.31. The predicted molar refractivity (Wildman–Crippen MR) is 246 cm³/mol. The molecule has 382 valence electrons. The van der Waals surface area contributed by atoms with Gasteiger partial charge in [-0.15, -0.1) is 0 Å². The predicted octanol–water partition coefficient (Wildman–Crippen LogP) is -7.89. The van der Waals surface area contributed by atoms with Crippen molar-refractivity contribution in [2.24, 2.45) is 55.1 Å². The molecule has 0 radical (unpaired) electrons. The number of hydrogen-bond acceptors (Lipinski definition) is 14. The van der Waals surface area contributed by atoms with Crippen LogP contribution in [0.5, 0.6) is 0 Å². The number of likely N-dealkylation sites (tertiary alicyclic amines) is 2. The van der Waals surface area contributed by atoms with Crippen molar-refractivity contribution < 1.29 is 53.4 Å². The number of hydrogen-bond donors (Lipinski definition) is 15. The third kappa shape index (κ3) is 19.8. The van der Waals surface area contributed by atoms with Crippen LogP contribution in [-0.4, -0.2) is 185 Å². The van der Waals surface area contributed by atoms with Crippen LogP contribution in [-0.2, 0) is 43.2 Å². The topological polar surface area (TPSA) is 492 Å². The number of nitrogens with one attached hydrogen (secondary N) is 6. The quantitative estimate of drug-likeness (QED) is 0.0197. The van der Waals surface area contributed by atoms with Gasteiger partial charge in [0.25, 0.3) is 0 Å². The van der Waals surface area contributed by atoms with Crippen LogP contribution >= 0.6 is 0 Å². The van der Waals surface area contributed by atoms with Gasteiger partial charge in [-0.1, -0.05) is 0 Å². The van der Waals surface area contributed by atoms with Crippen LogP contribution in [0.2, 0.25) is 0 Å². The summed E-state index contributed by atoms with van der Waals surface area (Å²) < 4.78 is 0. The van der Waals surface area contributed by atoms with Crippen molar-refractivity contribution in [1.82, 2.24) is 41.7 Å². The van der Waals surface area contributed by atoms with E-state index in [1.54, 1.807) is 0 Å². The molecule has 2 heterocycles. The third-order valence-electron chi connectivity index (χ3n) is 10.7. The molecule has 68 heavy (non-hydrogen) atoms. The summed E-state index contributed by atoms with van der Waals surface area (Å²) in [5.74, 6) is -7.89. The Hall–Kier alpha value is -7.04. The lowest BCUT2D eigenvalue weighted by Crippen LogP contribution is -2.60. The number of carbonyl (C=O) groups is 9. The molecule has 8 amide bonds. The van der Waals surface area contributed by atoms with E-state index in [2.05, 4.69) is 46.9 Å². The Balaban J connectivity index is 2.07. The summed E-state index contributed by atoms with van der Waals surface area (Å²) in [7, 11) is 0. The normalized spacial score (nSPS) is 17.9. The number of aliphatic carboxylic acids is 1. The standard InChI is InChI=1S/C39H70N18O11/c1-20(40)34(65)56-16-7-12-26(56)33(64)53-23(9-4-14-48-38(43)44)31(62)55-29(21(2)58)35(66)57-17-6-11-25(57)32(63)51-18-27(59)50-19-28(60)52-22(8-3-13-47-37(41)42)30(61)54-24(36(67)68)10-5-15-49-39(45)46/h20-26,29,58H,3-19,40H2,1-2H3,(H,50,59)(H,51,63)(H,52,60)(H,53,64)(H,54,61)(H,55,62)(H,67,68)(H4,41,42,47)(H4,43,44,48)(H4,45,46,49). The summed E-state index contributed by atoms with van der Waals surface area (Å²) in [5, 5.41) is 35.1. The van der Waals surface area contributed by atoms with E-state index in [0.717, 1.165) is 4.90 Å². The minimum Gasteiger partial charge on any atom is -0.480 e. The number of carbonyl (C=O) groups excluding carboxylic acids is 8. The van der Waals surface area contributed by atoms with Crippen molar-refractivity contribution in [3.63, 3.8) is 0 Å². The van der Waals surface area contributed by atoms with E-state index < -0.39 is 115 Å². The summed E-state index contributed by atoms with van der Waals surface area (Å²) >= 11 is 0. The number of nitrogens with two attached hydrogens (primary N) is 7. The van der Waals surface area contributed by atoms with E-state index in [9.17, 15) is 53.4 Å². The summed E-state index contributed by atoms with van der Waals surface area (Å²) in [6.07, 6.45) is 0.436. The number of guanidine groups is 3. The molecule has 0 aromatic carbocycles. The fourth-order valence-corrected chi connectivity index (χ4v) is 7.31. The second-order valence-corrected chi connectivity index (χ2v) is 16.3. The maximum absolute atomic E-state index is 13.9. The summed E-state index contributed by atoms with van der Waals surface area (Å²) in [4.78, 5) is 132. The summed E-state index contributed by atoms with van der Waals surface area (Å²) in [6, 6.07) is -8.35. The van der Waals surface area contributed by atoms with Gasteiger partial charge in [0, 0.05) is 32.7 Å². The molecule has 2 aliphatic rings. The SMILES string of the molecule is CC(N)C(=O)N1CCCC1C(=O)NC(CCCN=C(N)N)C(=O)NC(C(=O)N1CCCC1C(=O)NCC(=O)NCC(=O)NC(CCCN=C(N)N)C(=O)NC(CCCN=C(N)N)C(=O)O)C(C)O. The van der Waals surface area contributed by atoms with Gasteiger partial charge in [0.2, 0.25) is 47.3 Å². The van der Waals surface area contributed by atoms with Crippen LogP contribution in [0.3, 0.4) is 0 Å². The number of carboxylic acids is 1. The first-order chi connectivity index (χ1) is 32.0. The number of carboxylic acid groups (broad SMARTS) is 1. The van der Waals surface area contributed by atoms with Gasteiger partial charge in [-0.2, -0.15) is 0 Å². The molecule has 0 bridgehead atoms. The van der Waals surface area contributed by atoms with Gasteiger partial charge in [0.15, 0.2) is 17.9 Å². The maximum Gasteiger partial charge on any atom is 0.326 e. The highest BCUT2D eigenvalue weighted by Crippen LogP contribution is 2.21. The molecular weight excluding hydrogens is 897 g/mol. The summed E-state index contributed by atoms with van der Waals surface area (Å²) in [6.45, 7) is 2.09. The van der Waals surface area contributed by atoms with E-state index in [0.29, 0.717) is 25.8 Å². The molecule has 8 unspecified atom stereocenters. The lowest BCUT2D eigenvalue weighted by atomic mass is 10.1. The zero-order valence-electron chi connectivity index (χ0n) is 38.5. The summed E-state index contributed by atoms with van der Waals surface area (Å²) in [5.41, 5.74) is 37.9. The number of nitrogens with zero attached hydrogens (tertiary/aromatic N) is 5. The Morgan fingerprint density at radius 1 is 0.588 bits per heavy atom. The van der Waals surface area contributed by atoms with E-state index >= 15 is 0 Å². The van der Waals surface area contributed by atoms with Gasteiger partial charge in [0.05, 0.1) is 25.2 Å². The Morgan fingerprint density at radius 2 is 1.03 bits per heavy atom. The monoisotopic (exact) mass is 967 g/mol. The molecule has 0 spiro atoms. The lowest BCUT2D eigenvalue weighted by molar-refractivity contribution is -0.144. The molecule has 22 N–H and O–H groups in total. The van der Waals surface area contributed by atoms with Crippen molar-refractivity contribution in [3.05, 3.63) is 0 Å². The van der Waals surface area contributed by atoms with Crippen molar-refractivity contribution in [2.45, 2.75) is 126 Å². The average molecular weight is 967 g/mol. The molecular formula is C39H70N18O11. The van der Waals surface area contributed by atoms with Crippen LogP contribution in [0.4, 0.5) is 0 Å². The molecule has 29 nitrogen and oxygen atoms in total. The first-order valence-electron chi connectivity index (χ1n) is 22.2. The minimum atomic E-state index is -1.58. The highest BCUT2D eigenvalue weighted by molar-refractivity contribution is 5.97. The van der Waals surface area contributed by atoms with Crippen molar-refractivity contribution in [3.8, 4) is 0 Å². The number of amides is 8. The number of aliphatic hydroxyl groups is 1. The second-order valence-electron chi connectivity index (χ2n) is 16.3. The number of rotatable bonds is 28.